The van der Waals surface area contributed by atoms with Gasteiger partial charge in [0, 0.05) is 6.54 Å². The Morgan fingerprint density at radius 3 is 2.67 bits per heavy atom. The van der Waals surface area contributed by atoms with Gasteiger partial charge in [-0.15, -0.1) is 0 Å². The standard InChI is InChI=1S/C12H14F2N2O5/c13-10(14)6-21-4-3-15-12(20)16-9-2-1-7(17)5-8(9)11(18)19/h1-2,5,10,17H,3-4,6H2,(H,18,19)(H2,15,16,20). The molecular weight excluding hydrogens is 290 g/mol. The van der Waals surface area contributed by atoms with Crippen LogP contribution in [0.25, 0.3) is 0 Å². The van der Waals surface area contributed by atoms with E-state index >= 15 is 0 Å². The fourth-order valence-corrected chi connectivity index (χ4v) is 1.39. The van der Waals surface area contributed by atoms with E-state index in [1.807, 2.05) is 0 Å². The number of aromatic hydroxyl groups is 1. The molecule has 0 radical (unpaired) electrons. The van der Waals surface area contributed by atoms with Gasteiger partial charge in [-0.25, -0.2) is 18.4 Å². The first-order valence-electron chi connectivity index (χ1n) is 5.87. The topological polar surface area (TPSA) is 108 Å². The van der Waals surface area contributed by atoms with Crippen molar-refractivity contribution in [2.24, 2.45) is 0 Å². The third-order valence-electron chi connectivity index (χ3n) is 2.26. The SMILES string of the molecule is O=C(NCCOCC(F)F)Nc1ccc(O)cc1C(=O)O. The Hall–Kier alpha value is -2.42. The number of halogens is 2. The second kappa shape index (κ2) is 8.00. The summed E-state index contributed by atoms with van der Waals surface area (Å²) in [5, 5.41) is 22.7. The van der Waals surface area contributed by atoms with E-state index in [2.05, 4.69) is 15.4 Å². The molecule has 1 rings (SSSR count). The number of nitrogens with one attached hydrogen (secondary N) is 2. The van der Waals surface area contributed by atoms with Crippen molar-refractivity contribution in [2.75, 3.05) is 25.1 Å². The molecule has 0 atom stereocenters. The molecule has 0 aliphatic rings. The highest BCUT2D eigenvalue weighted by molar-refractivity contribution is 6.00. The Morgan fingerprint density at radius 2 is 2.05 bits per heavy atom. The van der Waals surface area contributed by atoms with Gasteiger partial charge in [-0.1, -0.05) is 0 Å². The number of aromatic carboxylic acids is 1. The zero-order valence-corrected chi connectivity index (χ0v) is 10.8. The van der Waals surface area contributed by atoms with Crippen molar-refractivity contribution < 1.29 is 33.3 Å². The number of hydrogen-bond acceptors (Lipinski definition) is 4. The predicted molar refractivity (Wildman–Crippen MR) is 68.9 cm³/mol. The van der Waals surface area contributed by atoms with Crippen LogP contribution in [0.4, 0.5) is 19.3 Å². The van der Waals surface area contributed by atoms with E-state index in [9.17, 15) is 23.5 Å². The fraction of sp³-hybridized carbons (Fsp3) is 0.333. The quantitative estimate of drug-likeness (QED) is 0.451. The summed E-state index contributed by atoms with van der Waals surface area (Å²) < 4.78 is 28.1. The number of carboxylic acid groups (broad SMARTS) is 1. The number of carbonyl (C=O) groups is 2. The fourth-order valence-electron chi connectivity index (χ4n) is 1.39. The number of carbonyl (C=O) groups excluding carboxylic acids is 1. The summed E-state index contributed by atoms with van der Waals surface area (Å²) in [6.07, 6.45) is -2.58. The summed E-state index contributed by atoms with van der Waals surface area (Å²) in [6, 6.07) is 2.72. The van der Waals surface area contributed by atoms with Crippen LogP contribution in [0.2, 0.25) is 0 Å². The number of phenolic OH excluding ortho intramolecular Hbond substituents is 1. The van der Waals surface area contributed by atoms with E-state index in [1.54, 1.807) is 0 Å². The molecule has 0 bridgehead atoms. The van der Waals surface area contributed by atoms with Gasteiger partial charge in [0.1, 0.15) is 12.4 Å². The number of hydrogen-bond donors (Lipinski definition) is 4. The molecule has 0 heterocycles. The van der Waals surface area contributed by atoms with Gasteiger partial charge >= 0.3 is 12.0 Å². The highest BCUT2D eigenvalue weighted by atomic mass is 19.3. The largest absolute Gasteiger partial charge is 0.508 e. The van der Waals surface area contributed by atoms with Crippen molar-refractivity contribution in [1.29, 1.82) is 0 Å². The van der Waals surface area contributed by atoms with Crippen molar-refractivity contribution in [3.8, 4) is 5.75 Å². The second-order valence-electron chi connectivity index (χ2n) is 3.88. The minimum Gasteiger partial charge on any atom is -0.508 e. The van der Waals surface area contributed by atoms with E-state index in [0.29, 0.717) is 0 Å². The number of benzene rings is 1. The first-order valence-corrected chi connectivity index (χ1v) is 5.87. The van der Waals surface area contributed by atoms with Crippen LogP contribution in [0.15, 0.2) is 18.2 Å². The lowest BCUT2D eigenvalue weighted by molar-refractivity contribution is 0.0194. The lowest BCUT2D eigenvalue weighted by atomic mass is 10.1. The molecule has 9 heteroatoms. The van der Waals surface area contributed by atoms with Gasteiger partial charge in [0.15, 0.2) is 0 Å². The van der Waals surface area contributed by atoms with Crippen molar-refractivity contribution in [1.82, 2.24) is 5.32 Å². The van der Waals surface area contributed by atoms with Crippen LogP contribution in [0.3, 0.4) is 0 Å². The average molecular weight is 304 g/mol. The van der Waals surface area contributed by atoms with E-state index < -0.39 is 25.0 Å². The summed E-state index contributed by atoms with van der Waals surface area (Å²) in [6.45, 7) is -0.831. The molecule has 0 spiro atoms. The van der Waals surface area contributed by atoms with Crippen molar-refractivity contribution in [3.05, 3.63) is 23.8 Å². The Morgan fingerprint density at radius 1 is 1.33 bits per heavy atom. The summed E-state index contributed by atoms with van der Waals surface area (Å²) >= 11 is 0. The van der Waals surface area contributed by atoms with Gasteiger partial charge in [0.2, 0.25) is 0 Å². The normalized spacial score (nSPS) is 10.4. The number of urea groups is 1. The van der Waals surface area contributed by atoms with Crippen molar-refractivity contribution >= 4 is 17.7 Å². The highest BCUT2D eigenvalue weighted by Gasteiger charge is 2.13. The molecule has 2 amide bonds. The number of rotatable bonds is 7. The third-order valence-corrected chi connectivity index (χ3v) is 2.26. The maximum atomic E-state index is 11.8. The third kappa shape index (κ3) is 6.04. The molecule has 4 N–H and O–H groups in total. The van der Waals surface area contributed by atoms with Crippen LogP contribution in [-0.2, 0) is 4.74 Å². The summed E-state index contributed by atoms with van der Waals surface area (Å²) in [7, 11) is 0. The van der Waals surface area contributed by atoms with E-state index in [-0.39, 0.29) is 30.2 Å². The molecule has 1 aromatic rings. The number of ether oxygens (including phenoxy) is 1. The summed E-state index contributed by atoms with van der Waals surface area (Å²) in [4.78, 5) is 22.4. The van der Waals surface area contributed by atoms with Crippen LogP contribution >= 0.6 is 0 Å². The first kappa shape index (κ1) is 16.6. The van der Waals surface area contributed by atoms with Gasteiger partial charge in [-0.2, -0.15) is 0 Å². The lowest BCUT2D eigenvalue weighted by Gasteiger charge is -2.10. The maximum Gasteiger partial charge on any atom is 0.337 e. The van der Waals surface area contributed by atoms with Crippen molar-refractivity contribution in [2.45, 2.75) is 6.43 Å². The van der Waals surface area contributed by atoms with Gasteiger partial charge in [0.05, 0.1) is 17.9 Å². The van der Waals surface area contributed by atoms with Gasteiger partial charge in [0.25, 0.3) is 6.43 Å². The van der Waals surface area contributed by atoms with Crippen LogP contribution in [-0.4, -0.2) is 48.4 Å². The Balaban J connectivity index is 2.46. The summed E-state index contributed by atoms with van der Waals surface area (Å²) in [5.74, 6) is -1.57. The number of carboxylic acids is 1. The molecule has 0 aliphatic heterocycles. The van der Waals surface area contributed by atoms with Crippen LogP contribution in [0.1, 0.15) is 10.4 Å². The lowest BCUT2D eigenvalue weighted by Crippen LogP contribution is -2.32. The molecule has 0 aliphatic carbocycles. The predicted octanol–water partition coefficient (Wildman–Crippen LogP) is 1.49. The molecule has 7 nitrogen and oxygen atoms in total. The van der Waals surface area contributed by atoms with Crippen molar-refractivity contribution in [3.63, 3.8) is 0 Å². The van der Waals surface area contributed by atoms with Crippen LogP contribution < -0.4 is 10.6 Å². The molecular formula is C12H14F2N2O5. The van der Waals surface area contributed by atoms with E-state index in [0.717, 1.165) is 6.07 Å². The monoisotopic (exact) mass is 304 g/mol. The van der Waals surface area contributed by atoms with Gasteiger partial charge < -0.3 is 25.6 Å². The van der Waals surface area contributed by atoms with Crippen LogP contribution in [0, 0.1) is 0 Å². The van der Waals surface area contributed by atoms with E-state index in [4.69, 9.17) is 5.11 Å². The molecule has 0 aromatic heterocycles. The molecule has 0 saturated carbocycles. The molecule has 116 valence electrons. The second-order valence-corrected chi connectivity index (χ2v) is 3.88. The Labute approximate surface area is 118 Å². The number of amides is 2. The number of alkyl halides is 2. The smallest absolute Gasteiger partial charge is 0.337 e. The maximum absolute atomic E-state index is 11.8. The molecule has 0 saturated heterocycles. The zero-order valence-electron chi connectivity index (χ0n) is 10.8. The van der Waals surface area contributed by atoms with E-state index in [1.165, 1.54) is 12.1 Å². The number of anilines is 1. The summed E-state index contributed by atoms with van der Waals surface area (Å²) in [5.41, 5.74) is -0.287. The number of phenols is 1. The van der Waals surface area contributed by atoms with Gasteiger partial charge in [-0.05, 0) is 18.2 Å². The Kier molecular flexibility index (Phi) is 6.34. The minimum absolute atomic E-state index is 0.00806. The van der Waals surface area contributed by atoms with Gasteiger partial charge in [-0.3, -0.25) is 0 Å². The zero-order chi connectivity index (χ0) is 15.8. The molecule has 1 aromatic carbocycles. The highest BCUT2D eigenvalue weighted by Crippen LogP contribution is 2.21. The Bertz CT molecular complexity index is 510. The molecule has 0 fully saturated rings. The van der Waals surface area contributed by atoms with Crippen LogP contribution in [0.5, 0.6) is 5.75 Å². The minimum atomic E-state index is -2.58. The first-order chi connectivity index (χ1) is 9.90. The molecule has 21 heavy (non-hydrogen) atoms. The average Bonchev–Trinajstić information content (AvgIpc) is 2.39. The molecule has 0 unspecified atom stereocenters.